The number of rotatable bonds is 11. The normalized spacial score (nSPS) is 12.4. The molecule has 8 nitrogen and oxygen atoms in total. The van der Waals surface area contributed by atoms with E-state index in [1.165, 1.54) is 0 Å². The van der Waals surface area contributed by atoms with E-state index in [4.69, 9.17) is 8.97 Å². The molecule has 3 N–H and O–H groups in total. The fourth-order valence-electron chi connectivity index (χ4n) is 4.09. The fourth-order valence-corrected chi connectivity index (χ4v) is 4.60. The van der Waals surface area contributed by atoms with Gasteiger partial charge < -0.3 is 15.1 Å². The van der Waals surface area contributed by atoms with Gasteiger partial charge in [0.2, 0.25) is 5.91 Å². The van der Waals surface area contributed by atoms with Crippen molar-refractivity contribution in [3.63, 3.8) is 0 Å². The van der Waals surface area contributed by atoms with Crippen molar-refractivity contribution in [1.82, 2.24) is 0 Å². The van der Waals surface area contributed by atoms with Crippen LogP contribution in [0.1, 0.15) is 37.0 Å². The minimum Gasteiger partial charge on any atom is -0.456 e. The summed E-state index contributed by atoms with van der Waals surface area (Å²) in [5, 5.41) is 7.22. The Morgan fingerprint density at radius 1 is 0.921 bits per heavy atom. The third kappa shape index (κ3) is 7.08. The van der Waals surface area contributed by atoms with E-state index in [0.717, 1.165) is 22.3 Å². The number of fused-ring (bicyclic) bond motifs is 1. The van der Waals surface area contributed by atoms with E-state index < -0.39 is 21.9 Å². The molecule has 0 unspecified atom stereocenters. The molecular weight excluding hydrogens is 504 g/mol. The summed E-state index contributed by atoms with van der Waals surface area (Å²) >= 11 is 0. The Labute approximate surface area is 221 Å². The number of amides is 1. The summed E-state index contributed by atoms with van der Waals surface area (Å²) in [7, 11) is -4.09. The fraction of sp³-hybridized carbons (Fsp3) is 0.241. The summed E-state index contributed by atoms with van der Waals surface area (Å²) in [6.45, 7) is 3.88. The van der Waals surface area contributed by atoms with Gasteiger partial charge in [0, 0.05) is 34.3 Å². The lowest BCUT2D eigenvalue weighted by Crippen LogP contribution is -2.38. The molecule has 1 atom stereocenters. The maximum Gasteiger partial charge on any atom is 0.264 e. The molecule has 0 bridgehead atoms. The van der Waals surface area contributed by atoms with E-state index in [0.29, 0.717) is 16.9 Å². The molecule has 1 heterocycles. The standard InChI is InChI=1S/C29H30N2O6S/c1-19(2)28(30-23-13-9-20(10-14-23)25(32)7-5-17-38(34,35)36)29(33)31-24-15-11-21(12-16-24)27-18-22-6-3-4-8-26(22)37-27/h3-4,6,8-16,18-19,28,30H,5,7,17H2,1-2H3,(H,31,33)(H,34,35,36)/t28-/m0/s1. The maximum atomic E-state index is 13.1. The van der Waals surface area contributed by atoms with Gasteiger partial charge in [-0.3, -0.25) is 14.1 Å². The van der Waals surface area contributed by atoms with Gasteiger partial charge >= 0.3 is 0 Å². The molecule has 0 radical (unpaired) electrons. The van der Waals surface area contributed by atoms with Crippen LogP contribution in [0.25, 0.3) is 22.3 Å². The minimum atomic E-state index is -4.09. The second-order valence-electron chi connectivity index (χ2n) is 9.47. The molecule has 0 aliphatic carbocycles. The SMILES string of the molecule is CC(C)[C@H](Nc1ccc(C(=O)CCCS(=O)(=O)O)cc1)C(=O)Nc1ccc(-c2cc3ccccc3o2)cc1. The lowest BCUT2D eigenvalue weighted by Gasteiger charge is -2.23. The first-order valence-corrected chi connectivity index (χ1v) is 13.9. The maximum absolute atomic E-state index is 13.1. The highest BCUT2D eigenvalue weighted by atomic mass is 32.2. The van der Waals surface area contributed by atoms with E-state index in [-0.39, 0.29) is 30.4 Å². The first-order chi connectivity index (χ1) is 18.1. The van der Waals surface area contributed by atoms with Crippen LogP contribution >= 0.6 is 0 Å². The third-order valence-corrected chi connectivity index (χ3v) is 6.95. The number of nitrogens with one attached hydrogen (secondary N) is 2. The van der Waals surface area contributed by atoms with E-state index in [2.05, 4.69) is 10.6 Å². The van der Waals surface area contributed by atoms with E-state index >= 15 is 0 Å². The van der Waals surface area contributed by atoms with Crippen molar-refractivity contribution < 1.29 is 27.0 Å². The van der Waals surface area contributed by atoms with Crippen LogP contribution in [-0.2, 0) is 14.9 Å². The molecule has 0 saturated heterocycles. The van der Waals surface area contributed by atoms with E-state index in [1.807, 2.05) is 68.4 Å². The summed E-state index contributed by atoms with van der Waals surface area (Å²) in [5.74, 6) is -0.129. The number of carbonyl (C=O) groups is 2. The van der Waals surface area contributed by atoms with Gasteiger partial charge in [0.05, 0.1) is 5.75 Å². The summed E-state index contributed by atoms with van der Waals surface area (Å²) < 4.78 is 36.4. The molecule has 198 valence electrons. The molecule has 3 aromatic carbocycles. The summed E-state index contributed by atoms with van der Waals surface area (Å²) in [6, 6.07) is 23.4. The molecular formula is C29H30N2O6S. The molecule has 0 spiro atoms. The number of furan rings is 1. The van der Waals surface area contributed by atoms with E-state index in [1.54, 1.807) is 24.3 Å². The van der Waals surface area contributed by atoms with Crippen molar-refractivity contribution in [3.05, 3.63) is 84.4 Å². The molecule has 1 amide bonds. The molecule has 1 aromatic heterocycles. The first-order valence-electron chi connectivity index (χ1n) is 12.3. The van der Waals surface area contributed by atoms with E-state index in [9.17, 15) is 18.0 Å². The zero-order chi connectivity index (χ0) is 27.3. The second-order valence-corrected chi connectivity index (χ2v) is 11.0. The van der Waals surface area contributed by atoms with Crippen LogP contribution in [0.4, 0.5) is 11.4 Å². The highest BCUT2D eigenvalue weighted by Crippen LogP contribution is 2.28. The summed E-state index contributed by atoms with van der Waals surface area (Å²) in [5.41, 5.74) is 3.49. The van der Waals surface area contributed by atoms with Gasteiger partial charge in [-0.1, -0.05) is 32.0 Å². The third-order valence-electron chi connectivity index (χ3n) is 6.15. The van der Waals surface area contributed by atoms with Crippen LogP contribution in [0.5, 0.6) is 0 Å². The monoisotopic (exact) mass is 534 g/mol. The number of hydrogen-bond donors (Lipinski definition) is 3. The van der Waals surface area contributed by atoms with Gasteiger partial charge in [0.15, 0.2) is 5.78 Å². The van der Waals surface area contributed by atoms with Gasteiger partial charge in [-0.15, -0.1) is 0 Å². The highest BCUT2D eigenvalue weighted by molar-refractivity contribution is 7.85. The molecule has 0 saturated carbocycles. The largest absolute Gasteiger partial charge is 0.456 e. The van der Waals surface area contributed by atoms with Crippen LogP contribution in [0.15, 0.2) is 83.3 Å². The van der Waals surface area contributed by atoms with Crippen LogP contribution in [0, 0.1) is 5.92 Å². The van der Waals surface area contributed by atoms with Gasteiger partial charge in [0.25, 0.3) is 10.1 Å². The topological polar surface area (TPSA) is 126 Å². The average molecular weight is 535 g/mol. The summed E-state index contributed by atoms with van der Waals surface area (Å²) in [4.78, 5) is 25.4. The van der Waals surface area contributed by atoms with Crippen LogP contribution in [0.3, 0.4) is 0 Å². The molecule has 0 aliphatic rings. The predicted molar refractivity (Wildman–Crippen MR) is 149 cm³/mol. The molecule has 9 heteroatoms. The lowest BCUT2D eigenvalue weighted by atomic mass is 10.0. The van der Waals surface area contributed by atoms with Crippen molar-refractivity contribution in [2.75, 3.05) is 16.4 Å². The van der Waals surface area contributed by atoms with Gasteiger partial charge in [0.1, 0.15) is 17.4 Å². The quantitative estimate of drug-likeness (QED) is 0.159. The number of anilines is 2. The number of para-hydroxylation sites is 1. The number of benzene rings is 3. The zero-order valence-electron chi connectivity index (χ0n) is 21.2. The molecule has 4 rings (SSSR count). The van der Waals surface area contributed by atoms with Gasteiger partial charge in [-0.05, 0) is 73.0 Å². The van der Waals surface area contributed by atoms with Crippen LogP contribution in [-0.4, -0.2) is 36.5 Å². The average Bonchev–Trinajstić information content (AvgIpc) is 3.31. The first kappa shape index (κ1) is 27.1. The number of hydrogen-bond acceptors (Lipinski definition) is 6. The van der Waals surface area contributed by atoms with Gasteiger partial charge in [-0.2, -0.15) is 8.42 Å². The van der Waals surface area contributed by atoms with Crippen molar-refractivity contribution in [2.45, 2.75) is 32.7 Å². The molecule has 4 aromatic rings. The number of ketones is 1. The van der Waals surface area contributed by atoms with Crippen molar-refractivity contribution >= 4 is 44.2 Å². The smallest absolute Gasteiger partial charge is 0.264 e. The summed E-state index contributed by atoms with van der Waals surface area (Å²) in [6.07, 6.45) is 0.0608. The second kappa shape index (κ2) is 11.6. The lowest BCUT2D eigenvalue weighted by molar-refractivity contribution is -0.117. The number of carbonyl (C=O) groups excluding carboxylic acids is 2. The Morgan fingerprint density at radius 2 is 1.58 bits per heavy atom. The minimum absolute atomic E-state index is 0.0126. The van der Waals surface area contributed by atoms with Crippen LogP contribution < -0.4 is 10.6 Å². The zero-order valence-corrected chi connectivity index (χ0v) is 22.0. The van der Waals surface area contributed by atoms with Crippen LogP contribution in [0.2, 0.25) is 0 Å². The number of Topliss-reactive ketones (excluding diaryl/α,β-unsaturated/α-hetero) is 1. The Balaban J connectivity index is 1.37. The Kier molecular flexibility index (Phi) is 8.29. The van der Waals surface area contributed by atoms with Crippen molar-refractivity contribution in [3.8, 4) is 11.3 Å². The molecule has 38 heavy (non-hydrogen) atoms. The van der Waals surface area contributed by atoms with Crippen molar-refractivity contribution in [2.24, 2.45) is 5.92 Å². The molecule has 0 fully saturated rings. The van der Waals surface area contributed by atoms with Crippen molar-refractivity contribution in [1.29, 1.82) is 0 Å². The Morgan fingerprint density at radius 3 is 2.21 bits per heavy atom. The Bertz CT molecular complexity index is 1490. The van der Waals surface area contributed by atoms with Gasteiger partial charge in [-0.25, -0.2) is 0 Å². The molecule has 0 aliphatic heterocycles. The highest BCUT2D eigenvalue weighted by Gasteiger charge is 2.22. The predicted octanol–water partition coefficient (Wildman–Crippen LogP) is 6.03. The Hall–Kier alpha value is -3.95.